The van der Waals surface area contributed by atoms with Crippen molar-refractivity contribution in [2.45, 2.75) is 26.8 Å². The Hall–Kier alpha value is -4.64. The van der Waals surface area contributed by atoms with E-state index >= 15 is 0 Å². The summed E-state index contributed by atoms with van der Waals surface area (Å²) in [5.41, 5.74) is 6.69. The minimum Gasteiger partial charge on any atom is -0.449 e. The van der Waals surface area contributed by atoms with Gasteiger partial charge >= 0.3 is 0 Å². The lowest BCUT2D eigenvalue weighted by molar-refractivity contribution is -0.117. The third kappa shape index (κ3) is 5.84. The molecule has 0 bridgehead atoms. The van der Waals surface area contributed by atoms with Gasteiger partial charge in [0.15, 0.2) is 11.5 Å². The molecule has 4 aromatic carbocycles. The predicted molar refractivity (Wildman–Crippen MR) is 151 cm³/mol. The molecule has 5 nitrogen and oxygen atoms in total. The molecule has 0 atom stereocenters. The second-order valence-electron chi connectivity index (χ2n) is 9.57. The second kappa shape index (κ2) is 11.2. The number of carbonyl (C=O) groups excluding carboxylic acids is 2. The molecule has 0 fully saturated rings. The van der Waals surface area contributed by atoms with E-state index in [1.807, 2.05) is 61.5 Å². The third-order valence-corrected chi connectivity index (χ3v) is 6.55. The van der Waals surface area contributed by atoms with Crippen molar-refractivity contribution in [1.29, 1.82) is 0 Å². The van der Waals surface area contributed by atoms with Gasteiger partial charge in [0, 0.05) is 12.1 Å². The number of para-hydroxylation sites is 2. The smallest absolute Gasteiger partial charge is 0.294 e. The first-order valence-corrected chi connectivity index (χ1v) is 12.8. The molecular weight excluding hydrogens is 472 g/mol. The van der Waals surface area contributed by atoms with Gasteiger partial charge in [-0.05, 0) is 67.3 Å². The number of amides is 2. The maximum absolute atomic E-state index is 13.5. The highest BCUT2D eigenvalue weighted by Gasteiger charge is 2.30. The molecule has 0 aromatic heterocycles. The molecule has 0 saturated carbocycles. The number of anilines is 1. The highest BCUT2D eigenvalue weighted by Crippen LogP contribution is 2.36. The molecule has 0 aliphatic carbocycles. The summed E-state index contributed by atoms with van der Waals surface area (Å²) in [6.45, 7) is 5.10. The molecule has 0 saturated heterocycles. The molecule has 5 heteroatoms. The number of ether oxygens (including phenoxy) is 1. The van der Waals surface area contributed by atoms with E-state index in [4.69, 9.17) is 4.74 Å². The molecule has 5 rings (SSSR count). The largest absolute Gasteiger partial charge is 0.449 e. The molecule has 1 heterocycles. The van der Waals surface area contributed by atoms with Crippen molar-refractivity contribution in [3.63, 3.8) is 0 Å². The highest BCUT2D eigenvalue weighted by molar-refractivity contribution is 6.09. The SMILES string of the molecule is Cc1ccc(CCNC(=O)c2ccc(/C=C3/Oc4ccccc4N(Cc4cccc(C)c4)C3=O)cc2)cc1. The Morgan fingerprint density at radius 3 is 2.37 bits per heavy atom. The molecule has 38 heavy (non-hydrogen) atoms. The Morgan fingerprint density at radius 1 is 0.842 bits per heavy atom. The maximum Gasteiger partial charge on any atom is 0.294 e. The van der Waals surface area contributed by atoms with Gasteiger partial charge in [-0.3, -0.25) is 14.5 Å². The molecular formula is C33H30N2O3. The highest BCUT2D eigenvalue weighted by atomic mass is 16.5. The summed E-state index contributed by atoms with van der Waals surface area (Å²) in [6.07, 6.45) is 2.50. The van der Waals surface area contributed by atoms with Gasteiger partial charge in [0.2, 0.25) is 0 Å². The monoisotopic (exact) mass is 502 g/mol. The predicted octanol–water partition coefficient (Wildman–Crippen LogP) is 6.24. The summed E-state index contributed by atoms with van der Waals surface area (Å²) >= 11 is 0. The Labute approximate surface area is 223 Å². The Balaban J connectivity index is 1.29. The van der Waals surface area contributed by atoms with Crippen molar-refractivity contribution >= 4 is 23.6 Å². The van der Waals surface area contributed by atoms with Gasteiger partial charge in [-0.1, -0.05) is 83.9 Å². The zero-order valence-electron chi connectivity index (χ0n) is 21.6. The minimum absolute atomic E-state index is 0.125. The zero-order chi connectivity index (χ0) is 26.5. The summed E-state index contributed by atoms with van der Waals surface area (Å²) in [6, 6.07) is 31.2. The average molecular weight is 503 g/mol. The molecule has 4 aromatic rings. The molecule has 1 aliphatic heterocycles. The summed E-state index contributed by atoms with van der Waals surface area (Å²) in [7, 11) is 0. The Bertz CT molecular complexity index is 1490. The molecule has 1 N–H and O–H groups in total. The van der Waals surface area contributed by atoms with Crippen molar-refractivity contribution in [3.8, 4) is 5.75 Å². The lowest BCUT2D eigenvalue weighted by Gasteiger charge is -2.30. The first-order chi connectivity index (χ1) is 18.5. The first-order valence-electron chi connectivity index (χ1n) is 12.8. The third-order valence-electron chi connectivity index (χ3n) is 6.55. The minimum atomic E-state index is -0.205. The van der Waals surface area contributed by atoms with Gasteiger partial charge in [0.05, 0.1) is 12.2 Å². The number of benzene rings is 4. The van der Waals surface area contributed by atoms with E-state index < -0.39 is 0 Å². The van der Waals surface area contributed by atoms with E-state index in [-0.39, 0.29) is 17.6 Å². The van der Waals surface area contributed by atoms with Crippen LogP contribution in [0.5, 0.6) is 5.75 Å². The fourth-order valence-electron chi connectivity index (χ4n) is 4.47. The number of rotatable bonds is 7. The quantitative estimate of drug-likeness (QED) is 0.304. The van der Waals surface area contributed by atoms with Crippen LogP contribution in [0.2, 0.25) is 0 Å². The van der Waals surface area contributed by atoms with Crippen molar-refractivity contribution in [3.05, 3.63) is 136 Å². The van der Waals surface area contributed by atoms with Crippen LogP contribution in [0.15, 0.2) is 103 Å². The number of fused-ring (bicyclic) bond motifs is 1. The topological polar surface area (TPSA) is 58.6 Å². The summed E-state index contributed by atoms with van der Waals surface area (Å²) in [4.78, 5) is 27.8. The van der Waals surface area contributed by atoms with Crippen molar-refractivity contribution in [2.75, 3.05) is 11.4 Å². The number of nitrogens with zero attached hydrogens (tertiary/aromatic N) is 1. The summed E-state index contributed by atoms with van der Waals surface area (Å²) in [5.74, 6) is 0.546. The molecule has 0 spiro atoms. The normalized spacial score (nSPS) is 13.7. The van der Waals surface area contributed by atoms with E-state index in [2.05, 4.69) is 42.6 Å². The van der Waals surface area contributed by atoms with E-state index in [0.29, 0.717) is 24.4 Å². The molecule has 0 radical (unpaired) electrons. The standard InChI is InChI=1S/C33H30N2O3/c1-23-10-12-25(13-11-23)18-19-34-32(36)28-16-14-26(15-17-28)21-31-33(37)35(22-27-7-5-6-24(2)20-27)29-8-3-4-9-30(29)38-31/h3-17,20-21H,18-19,22H2,1-2H3,(H,34,36)/b31-21+. The summed E-state index contributed by atoms with van der Waals surface area (Å²) in [5, 5.41) is 2.97. The molecule has 1 aliphatic rings. The second-order valence-corrected chi connectivity index (χ2v) is 9.57. The lowest BCUT2D eigenvalue weighted by atomic mass is 10.1. The number of hydrogen-bond acceptors (Lipinski definition) is 3. The van der Waals surface area contributed by atoms with Crippen LogP contribution in [-0.2, 0) is 17.8 Å². The van der Waals surface area contributed by atoms with Crippen LogP contribution in [0.25, 0.3) is 6.08 Å². The summed E-state index contributed by atoms with van der Waals surface area (Å²) < 4.78 is 6.01. The fraction of sp³-hybridized carbons (Fsp3) is 0.152. The molecule has 0 unspecified atom stereocenters. The van der Waals surface area contributed by atoms with Crippen LogP contribution in [0.4, 0.5) is 5.69 Å². The average Bonchev–Trinajstić information content (AvgIpc) is 2.92. The van der Waals surface area contributed by atoms with E-state index in [0.717, 1.165) is 28.8 Å². The Kier molecular flexibility index (Phi) is 7.36. The van der Waals surface area contributed by atoms with Gasteiger partial charge in [0.1, 0.15) is 0 Å². The van der Waals surface area contributed by atoms with Gasteiger partial charge in [0.25, 0.3) is 11.8 Å². The number of aryl methyl sites for hydroxylation is 2. The first kappa shape index (κ1) is 25.0. The molecule has 190 valence electrons. The van der Waals surface area contributed by atoms with Crippen LogP contribution in [-0.4, -0.2) is 18.4 Å². The number of hydrogen-bond donors (Lipinski definition) is 1. The number of carbonyl (C=O) groups is 2. The van der Waals surface area contributed by atoms with Crippen molar-refractivity contribution < 1.29 is 14.3 Å². The van der Waals surface area contributed by atoms with Crippen molar-refractivity contribution in [1.82, 2.24) is 5.32 Å². The zero-order valence-corrected chi connectivity index (χ0v) is 21.6. The Morgan fingerprint density at radius 2 is 1.61 bits per heavy atom. The molecule has 2 amide bonds. The van der Waals surface area contributed by atoms with Crippen molar-refractivity contribution in [2.24, 2.45) is 0 Å². The maximum atomic E-state index is 13.5. The van der Waals surface area contributed by atoms with Gasteiger partial charge in [-0.25, -0.2) is 0 Å². The fourth-order valence-corrected chi connectivity index (χ4v) is 4.47. The van der Waals surface area contributed by atoms with Gasteiger partial charge in [-0.15, -0.1) is 0 Å². The van der Waals surface area contributed by atoms with E-state index in [1.54, 1.807) is 23.1 Å². The number of nitrogens with one attached hydrogen (secondary N) is 1. The van der Waals surface area contributed by atoms with Gasteiger partial charge in [-0.2, -0.15) is 0 Å². The van der Waals surface area contributed by atoms with Crippen LogP contribution in [0.1, 0.15) is 38.2 Å². The van der Waals surface area contributed by atoms with Gasteiger partial charge < -0.3 is 10.1 Å². The van der Waals surface area contributed by atoms with E-state index in [9.17, 15) is 9.59 Å². The lowest BCUT2D eigenvalue weighted by Crippen LogP contribution is -2.36. The van der Waals surface area contributed by atoms with Crippen LogP contribution >= 0.6 is 0 Å². The van der Waals surface area contributed by atoms with E-state index in [1.165, 1.54) is 11.1 Å². The van der Waals surface area contributed by atoms with Crippen LogP contribution < -0.4 is 15.0 Å². The van der Waals surface area contributed by atoms with Crippen LogP contribution in [0.3, 0.4) is 0 Å². The van der Waals surface area contributed by atoms with Crippen LogP contribution in [0, 0.1) is 13.8 Å².